The molecule has 1 atom stereocenters. The van der Waals surface area contributed by atoms with Crippen molar-refractivity contribution in [3.8, 4) is 11.8 Å². The first-order chi connectivity index (χ1) is 12.0. The number of rotatable bonds is 6. The van der Waals surface area contributed by atoms with Crippen LogP contribution in [0.3, 0.4) is 0 Å². The fraction of sp³-hybridized carbons (Fsp3) is 0.150. The molecule has 0 heterocycles. The Hall–Kier alpha value is -3.39. The summed E-state index contributed by atoms with van der Waals surface area (Å²) < 4.78 is 10.2. The summed E-state index contributed by atoms with van der Waals surface area (Å²) in [6.07, 6.45) is 0.420. The first-order valence-electron chi connectivity index (χ1n) is 7.61. The molecule has 0 aliphatic carbocycles. The molecule has 2 aromatic rings. The van der Waals surface area contributed by atoms with Crippen molar-refractivity contribution in [1.29, 1.82) is 5.26 Å². The van der Waals surface area contributed by atoms with Gasteiger partial charge in [0.05, 0.1) is 7.11 Å². The van der Waals surface area contributed by atoms with Gasteiger partial charge in [-0.05, 0) is 30.7 Å². The van der Waals surface area contributed by atoms with Crippen LogP contribution in [0.5, 0.6) is 5.75 Å². The van der Waals surface area contributed by atoms with Gasteiger partial charge in [0.2, 0.25) is 5.78 Å². The summed E-state index contributed by atoms with van der Waals surface area (Å²) in [5.74, 6) is -0.494. The van der Waals surface area contributed by atoms with E-state index < -0.39 is 12.1 Å². The van der Waals surface area contributed by atoms with Crippen LogP contribution in [0, 0.1) is 11.3 Å². The molecule has 1 unspecified atom stereocenters. The average Bonchev–Trinajstić information content (AvgIpc) is 2.66. The number of nitrogens with zero attached hydrogens (tertiary/aromatic N) is 1. The second kappa shape index (κ2) is 8.46. The molecule has 2 rings (SSSR count). The molecule has 0 fully saturated rings. The van der Waals surface area contributed by atoms with E-state index in [9.17, 15) is 14.9 Å². The van der Waals surface area contributed by atoms with Crippen molar-refractivity contribution in [3.05, 3.63) is 71.3 Å². The standard InChI is InChI=1S/C20H17NO4/c1-14(19(22)16-6-4-3-5-7-16)25-20(23)17(13-21)12-15-8-10-18(24-2)11-9-15/h3-12,14H,1-2H3/b17-12+. The summed E-state index contributed by atoms with van der Waals surface area (Å²) in [5.41, 5.74) is 0.912. The van der Waals surface area contributed by atoms with Crippen LogP contribution in [0.25, 0.3) is 6.08 Å². The third-order valence-corrected chi connectivity index (χ3v) is 3.48. The molecule has 0 amide bonds. The molecular weight excluding hydrogens is 318 g/mol. The van der Waals surface area contributed by atoms with Crippen molar-refractivity contribution in [2.75, 3.05) is 7.11 Å². The fourth-order valence-electron chi connectivity index (χ4n) is 2.12. The van der Waals surface area contributed by atoms with Gasteiger partial charge in [-0.25, -0.2) is 4.79 Å². The third-order valence-electron chi connectivity index (χ3n) is 3.48. The molecule has 25 heavy (non-hydrogen) atoms. The van der Waals surface area contributed by atoms with Gasteiger partial charge in [-0.15, -0.1) is 0 Å². The van der Waals surface area contributed by atoms with Gasteiger partial charge in [-0.1, -0.05) is 42.5 Å². The minimum absolute atomic E-state index is 0.183. The zero-order chi connectivity index (χ0) is 18.2. The van der Waals surface area contributed by atoms with Crippen LogP contribution in [0.4, 0.5) is 0 Å². The number of esters is 1. The van der Waals surface area contributed by atoms with Crippen molar-refractivity contribution in [2.24, 2.45) is 0 Å². The Bertz CT molecular complexity index is 817. The lowest BCUT2D eigenvalue weighted by Crippen LogP contribution is -2.25. The molecular formula is C20H17NO4. The average molecular weight is 335 g/mol. The number of methoxy groups -OCH3 is 1. The Morgan fingerprint density at radius 2 is 1.72 bits per heavy atom. The first kappa shape index (κ1) is 18.0. The highest BCUT2D eigenvalue weighted by atomic mass is 16.5. The number of hydrogen-bond acceptors (Lipinski definition) is 5. The van der Waals surface area contributed by atoms with E-state index in [1.807, 2.05) is 0 Å². The summed E-state index contributed by atoms with van der Waals surface area (Å²) in [7, 11) is 1.55. The van der Waals surface area contributed by atoms with Gasteiger partial charge in [-0.3, -0.25) is 4.79 Å². The van der Waals surface area contributed by atoms with Crippen LogP contribution < -0.4 is 4.74 Å². The Labute approximate surface area is 146 Å². The quantitative estimate of drug-likeness (QED) is 0.350. The molecule has 0 bridgehead atoms. The van der Waals surface area contributed by atoms with E-state index in [-0.39, 0.29) is 11.4 Å². The highest BCUT2D eigenvalue weighted by molar-refractivity contribution is 6.03. The maximum absolute atomic E-state index is 12.2. The normalized spacial score (nSPS) is 12.0. The lowest BCUT2D eigenvalue weighted by atomic mass is 10.1. The maximum Gasteiger partial charge on any atom is 0.349 e. The molecule has 0 spiro atoms. The van der Waals surface area contributed by atoms with E-state index >= 15 is 0 Å². The van der Waals surface area contributed by atoms with Crippen LogP contribution in [-0.4, -0.2) is 25.0 Å². The number of nitriles is 1. The number of hydrogen-bond donors (Lipinski definition) is 0. The molecule has 0 aromatic heterocycles. The largest absolute Gasteiger partial charge is 0.497 e. The second-order valence-electron chi connectivity index (χ2n) is 5.22. The highest BCUT2D eigenvalue weighted by Gasteiger charge is 2.21. The van der Waals surface area contributed by atoms with Gasteiger partial charge in [0.25, 0.3) is 0 Å². The third kappa shape index (κ3) is 4.79. The van der Waals surface area contributed by atoms with Gasteiger partial charge >= 0.3 is 5.97 Å². The maximum atomic E-state index is 12.2. The van der Waals surface area contributed by atoms with Gasteiger partial charge in [0, 0.05) is 5.56 Å². The minimum Gasteiger partial charge on any atom is -0.497 e. The lowest BCUT2D eigenvalue weighted by molar-refractivity contribution is -0.141. The topological polar surface area (TPSA) is 76.4 Å². The highest BCUT2D eigenvalue weighted by Crippen LogP contribution is 2.15. The van der Waals surface area contributed by atoms with Crippen molar-refractivity contribution in [3.63, 3.8) is 0 Å². The first-order valence-corrected chi connectivity index (χ1v) is 7.61. The number of ketones is 1. The molecule has 2 aromatic carbocycles. The smallest absolute Gasteiger partial charge is 0.349 e. The Morgan fingerprint density at radius 3 is 2.28 bits per heavy atom. The number of carbonyl (C=O) groups excluding carboxylic acids is 2. The lowest BCUT2D eigenvalue weighted by Gasteiger charge is -2.11. The minimum atomic E-state index is -0.984. The number of ether oxygens (including phenoxy) is 2. The van der Waals surface area contributed by atoms with Gasteiger partial charge in [0.15, 0.2) is 6.10 Å². The summed E-state index contributed by atoms with van der Waals surface area (Å²) >= 11 is 0. The predicted octanol–water partition coefficient (Wildman–Crippen LogP) is 3.42. The van der Waals surface area contributed by atoms with E-state index in [0.29, 0.717) is 16.9 Å². The summed E-state index contributed by atoms with van der Waals surface area (Å²) in [6.45, 7) is 1.48. The molecule has 0 saturated carbocycles. The van der Waals surface area contributed by atoms with Gasteiger partial charge < -0.3 is 9.47 Å². The SMILES string of the molecule is COc1ccc(/C=C(\C#N)C(=O)OC(C)C(=O)c2ccccc2)cc1. The van der Waals surface area contributed by atoms with Gasteiger partial charge in [-0.2, -0.15) is 5.26 Å². The summed E-state index contributed by atoms with van der Waals surface area (Å²) in [4.78, 5) is 24.4. The van der Waals surface area contributed by atoms with Crippen molar-refractivity contribution in [1.82, 2.24) is 0 Å². The van der Waals surface area contributed by atoms with E-state index in [1.165, 1.54) is 13.0 Å². The molecule has 0 radical (unpaired) electrons. The van der Waals surface area contributed by atoms with Crippen molar-refractivity contribution < 1.29 is 19.1 Å². The van der Waals surface area contributed by atoms with Crippen molar-refractivity contribution in [2.45, 2.75) is 13.0 Å². The van der Waals surface area contributed by atoms with E-state index in [2.05, 4.69) is 0 Å². The van der Waals surface area contributed by atoms with Crippen LogP contribution >= 0.6 is 0 Å². The number of carbonyl (C=O) groups is 2. The molecule has 0 N–H and O–H groups in total. The van der Waals surface area contributed by atoms with Crippen LogP contribution in [0.1, 0.15) is 22.8 Å². The van der Waals surface area contributed by atoms with Crippen LogP contribution in [0.15, 0.2) is 60.2 Å². The van der Waals surface area contributed by atoms with E-state index in [1.54, 1.807) is 67.8 Å². The van der Waals surface area contributed by atoms with Crippen molar-refractivity contribution >= 4 is 17.8 Å². The summed E-state index contributed by atoms with van der Waals surface area (Å²) in [5, 5.41) is 9.20. The molecule has 5 heteroatoms. The number of benzene rings is 2. The molecule has 0 aliphatic rings. The number of Topliss-reactive ketones (excluding diaryl/α,β-unsaturated/α-hetero) is 1. The zero-order valence-corrected chi connectivity index (χ0v) is 13.9. The predicted molar refractivity (Wildman–Crippen MR) is 92.9 cm³/mol. The second-order valence-corrected chi connectivity index (χ2v) is 5.22. The van der Waals surface area contributed by atoms with E-state index in [4.69, 9.17) is 9.47 Å². The molecule has 5 nitrogen and oxygen atoms in total. The Kier molecular flexibility index (Phi) is 6.08. The summed E-state index contributed by atoms with van der Waals surface area (Å²) in [6, 6.07) is 17.2. The molecule has 0 saturated heterocycles. The molecule has 0 aliphatic heterocycles. The zero-order valence-electron chi connectivity index (χ0n) is 13.9. The monoisotopic (exact) mass is 335 g/mol. The van der Waals surface area contributed by atoms with E-state index in [0.717, 1.165) is 0 Å². The molecule has 126 valence electrons. The fourth-order valence-corrected chi connectivity index (χ4v) is 2.12. The van der Waals surface area contributed by atoms with Gasteiger partial charge in [0.1, 0.15) is 17.4 Å². The van der Waals surface area contributed by atoms with Crippen LogP contribution in [-0.2, 0) is 9.53 Å². The van der Waals surface area contributed by atoms with Crippen LogP contribution in [0.2, 0.25) is 0 Å². The Morgan fingerprint density at radius 1 is 1.08 bits per heavy atom. The Balaban J connectivity index is 2.10.